The van der Waals surface area contributed by atoms with Gasteiger partial charge in [0.1, 0.15) is 17.5 Å². The molecule has 0 spiro atoms. The van der Waals surface area contributed by atoms with Gasteiger partial charge in [-0.2, -0.15) is 5.26 Å². The van der Waals surface area contributed by atoms with Crippen molar-refractivity contribution in [1.29, 1.82) is 5.26 Å². The molecule has 3 N–H and O–H groups in total. The number of rotatable bonds is 6. The smallest absolute Gasteiger partial charge is 0.145 e. The second-order valence-electron chi connectivity index (χ2n) is 4.26. The van der Waals surface area contributed by atoms with Gasteiger partial charge in [0.15, 0.2) is 0 Å². The molecule has 6 heteroatoms. The van der Waals surface area contributed by atoms with Crippen molar-refractivity contribution in [3.63, 3.8) is 0 Å². The van der Waals surface area contributed by atoms with Crippen molar-refractivity contribution >= 4 is 11.6 Å². The summed E-state index contributed by atoms with van der Waals surface area (Å²) in [6, 6.07) is 3.94. The Balaban J connectivity index is 3.05. The first-order valence-electron chi connectivity index (χ1n) is 6.09. The largest absolute Gasteiger partial charge is 0.356 e. The first-order chi connectivity index (χ1) is 8.62. The van der Waals surface area contributed by atoms with Crippen LogP contribution in [0.1, 0.15) is 38.9 Å². The predicted octanol–water partition coefficient (Wildman–Crippen LogP) is 1.63. The van der Waals surface area contributed by atoms with Crippen LogP contribution in [-0.4, -0.2) is 23.1 Å². The molecule has 1 aromatic rings. The summed E-state index contributed by atoms with van der Waals surface area (Å²) in [7, 11) is 0. The molecule has 0 aliphatic rings. The fourth-order valence-corrected chi connectivity index (χ4v) is 1.57. The van der Waals surface area contributed by atoms with E-state index in [4.69, 9.17) is 11.1 Å². The van der Waals surface area contributed by atoms with E-state index < -0.39 is 0 Å². The molecule has 1 aromatic heterocycles. The lowest BCUT2D eigenvalue weighted by Crippen LogP contribution is -2.26. The van der Waals surface area contributed by atoms with Gasteiger partial charge in [0.25, 0.3) is 0 Å². The summed E-state index contributed by atoms with van der Waals surface area (Å²) in [5.41, 5.74) is 2.55. The molecule has 6 nitrogen and oxygen atoms in total. The number of hydrogen-bond acceptors (Lipinski definition) is 6. The molecule has 0 aromatic carbocycles. The molecule has 1 heterocycles. The minimum atomic E-state index is 0.228. The van der Waals surface area contributed by atoms with Gasteiger partial charge in [-0.3, -0.25) is 0 Å². The normalized spacial score (nSPS) is 10.2. The van der Waals surface area contributed by atoms with E-state index in [0.717, 1.165) is 18.2 Å². The number of hydrogen-bond donors (Lipinski definition) is 2. The molecule has 0 unspecified atom stereocenters. The number of aromatic nitrogens is 2. The number of nitrogens with two attached hydrogens (primary N) is 1. The zero-order valence-electron chi connectivity index (χ0n) is 11.1. The maximum Gasteiger partial charge on any atom is 0.145 e. The Hall–Kier alpha value is -1.87. The molecule has 1 rings (SSSR count). The van der Waals surface area contributed by atoms with E-state index in [1.54, 1.807) is 6.07 Å². The van der Waals surface area contributed by atoms with Crippen LogP contribution in [0, 0.1) is 11.3 Å². The van der Waals surface area contributed by atoms with Gasteiger partial charge in [-0.1, -0.05) is 13.8 Å². The average Bonchev–Trinajstić information content (AvgIpc) is 2.39. The Labute approximate surface area is 108 Å². The molecule has 0 atom stereocenters. The van der Waals surface area contributed by atoms with E-state index in [1.807, 2.05) is 25.7 Å². The number of nitrogens with one attached hydrogen (secondary N) is 1. The van der Waals surface area contributed by atoms with Crippen molar-refractivity contribution in [3.05, 3.63) is 11.9 Å². The number of nitrogens with zero attached hydrogens (tertiary/aromatic N) is 4. The van der Waals surface area contributed by atoms with Gasteiger partial charge in [0.05, 0.1) is 12.5 Å². The van der Waals surface area contributed by atoms with Crippen LogP contribution in [0.15, 0.2) is 6.07 Å². The van der Waals surface area contributed by atoms with Gasteiger partial charge in [-0.05, 0) is 6.92 Å². The van der Waals surface area contributed by atoms with Gasteiger partial charge in [-0.15, -0.1) is 0 Å². The molecule has 98 valence electrons. The second kappa shape index (κ2) is 6.77. The molecule has 0 fully saturated rings. The standard InChI is InChI=1S/C12H20N6/c1-4-18(7-5-6-13)11-8-10(17-14)15-12(16-11)9(2)3/h8-9H,4-5,7,14H2,1-3H3,(H,15,16,17). The SMILES string of the molecule is CCN(CCC#N)c1cc(NN)nc(C(C)C)n1. The van der Waals surface area contributed by atoms with Crippen molar-refractivity contribution in [2.45, 2.75) is 33.1 Å². The monoisotopic (exact) mass is 248 g/mol. The lowest BCUT2D eigenvalue weighted by Gasteiger charge is -2.22. The van der Waals surface area contributed by atoms with E-state index in [-0.39, 0.29) is 5.92 Å². The minimum absolute atomic E-state index is 0.228. The van der Waals surface area contributed by atoms with Crippen LogP contribution in [0.4, 0.5) is 11.6 Å². The maximum atomic E-state index is 8.66. The lowest BCUT2D eigenvalue weighted by atomic mass is 10.2. The highest BCUT2D eigenvalue weighted by atomic mass is 15.3. The molecule has 0 radical (unpaired) electrons. The molecule has 0 amide bonds. The van der Waals surface area contributed by atoms with Crippen LogP contribution >= 0.6 is 0 Å². The first-order valence-corrected chi connectivity index (χ1v) is 6.09. The number of anilines is 2. The highest BCUT2D eigenvalue weighted by Crippen LogP contribution is 2.19. The fourth-order valence-electron chi connectivity index (χ4n) is 1.57. The third-order valence-electron chi connectivity index (χ3n) is 2.59. The number of nitrogen functional groups attached to an aromatic ring is 1. The zero-order valence-corrected chi connectivity index (χ0v) is 11.1. The van der Waals surface area contributed by atoms with Crippen LogP contribution in [0.3, 0.4) is 0 Å². The topological polar surface area (TPSA) is 90.9 Å². The molecule has 0 saturated carbocycles. The van der Waals surface area contributed by atoms with E-state index in [9.17, 15) is 0 Å². The van der Waals surface area contributed by atoms with Crippen molar-refractivity contribution < 1.29 is 0 Å². The molecule has 0 bridgehead atoms. The minimum Gasteiger partial charge on any atom is -0.356 e. The highest BCUT2D eigenvalue weighted by Gasteiger charge is 2.11. The Morgan fingerprint density at radius 3 is 2.72 bits per heavy atom. The summed E-state index contributed by atoms with van der Waals surface area (Å²) in [5.74, 6) is 7.79. The van der Waals surface area contributed by atoms with Crippen molar-refractivity contribution in [3.8, 4) is 6.07 Å². The number of hydrazine groups is 1. The maximum absolute atomic E-state index is 8.66. The molecule has 0 saturated heterocycles. The highest BCUT2D eigenvalue weighted by molar-refractivity contribution is 5.49. The zero-order chi connectivity index (χ0) is 13.5. The summed E-state index contributed by atoms with van der Waals surface area (Å²) >= 11 is 0. The van der Waals surface area contributed by atoms with Gasteiger partial charge in [0.2, 0.25) is 0 Å². The molecular formula is C12H20N6. The molecule has 18 heavy (non-hydrogen) atoms. The number of nitriles is 1. The summed E-state index contributed by atoms with van der Waals surface area (Å²) in [4.78, 5) is 10.9. The summed E-state index contributed by atoms with van der Waals surface area (Å²) in [6.45, 7) is 7.55. The third-order valence-corrected chi connectivity index (χ3v) is 2.59. The van der Waals surface area contributed by atoms with Crippen LogP contribution in [0.2, 0.25) is 0 Å². The molecular weight excluding hydrogens is 228 g/mol. The van der Waals surface area contributed by atoms with E-state index in [1.165, 1.54) is 0 Å². The van der Waals surface area contributed by atoms with Crippen LogP contribution in [-0.2, 0) is 0 Å². The van der Waals surface area contributed by atoms with E-state index in [2.05, 4.69) is 21.5 Å². The summed E-state index contributed by atoms with van der Waals surface area (Å²) < 4.78 is 0. The van der Waals surface area contributed by atoms with Crippen molar-refractivity contribution in [2.75, 3.05) is 23.4 Å². The second-order valence-corrected chi connectivity index (χ2v) is 4.26. The predicted molar refractivity (Wildman–Crippen MR) is 72.0 cm³/mol. The first kappa shape index (κ1) is 14.2. The Bertz CT molecular complexity index is 423. The Kier molecular flexibility index (Phi) is 5.33. The van der Waals surface area contributed by atoms with Crippen LogP contribution in [0.25, 0.3) is 0 Å². The third kappa shape index (κ3) is 3.57. The molecule has 0 aliphatic carbocycles. The Morgan fingerprint density at radius 2 is 2.22 bits per heavy atom. The van der Waals surface area contributed by atoms with E-state index in [0.29, 0.717) is 18.8 Å². The quantitative estimate of drug-likeness (QED) is 0.587. The van der Waals surface area contributed by atoms with Gasteiger partial charge < -0.3 is 10.3 Å². The summed E-state index contributed by atoms with van der Waals surface area (Å²) in [5, 5.41) is 8.66. The van der Waals surface area contributed by atoms with Crippen molar-refractivity contribution in [1.82, 2.24) is 9.97 Å². The van der Waals surface area contributed by atoms with Crippen molar-refractivity contribution in [2.24, 2.45) is 5.84 Å². The average molecular weight is 248 g/mol. The summed E-state index contributed by atoms with van der Waals surface area (Å²) in [6.07, 6.45) is 0.472. The van der Waals surface area contributed by atoms with E-state index >= 15 is 0 Å². The fraction of sp³-hybridized carbons (Fsp3) is 0.583. The van der Waals surface area contributed by atoms with Crippen LogP contribution < -0.4 is 16.2 Å². The van der Waals surface area contributed by atoms with Crippen LogP contribution in [0.5, 0.6) is 0 Å². The lowest BCUT2D eigenvalue weighted by molar-refractivity contribution is 0.749. The van der Waals surface area contributed by atoms with Gasteiger partial charge >= 0.3 is 0 Å². The molecule has 0 aliphatic heterocycles. The Morgan fingerprint density at radius 1 is 1.50 bits per heavy atom. The van der Waals surface area contributed by atoms with Gasteiger partial charge in [0, 0.05) is 25.1 Å². The van der Waals surface area contributed by atoms with Gasteiger partial charge in [-0.25, -0.2) is 15.8 Å².